The summed E-state index contributed by atoms with van der Waals surface area (Å²) in [5.41, 5.74) is 1.63. The molecule has 1 heterocycles. The second kappa shape index (κ2) is 4.24. The molecule has 0 aliphatic carbocycles. The second-order valence-corrected chi connectivity index (χ2v) is 6.31. The number of aromatic nitrogens is 1. The first kappa shape index (κ1) is 12.0. The minimum Gasteiger partial charge on any atom is -0.241 e. The van der Waals surface area contributed by atoms with Crippen molar-refractivity contribution in [3.05, 3.63) is 66.4 Å². The van der Waals surface area contributed by atoms with Gasteiger partial charge >= 0.3 is 0 Å². The van der Waals surface area contributed by atoms with Crippen molar-refractivity contribution < 1.29 is 8.42 Å². The number of para-hydroxylation sites is 1. The highest BCUT2D eigenvalue weighted by molar-refractivity contribution is 7.90. The van der Waals surface area contributed by atoms with E-state index in [0.29, 0.717) is 10.4 Å². The molecule has 0 N–H and O–H groups in total. The fourth-order valence-electron chi connectivity index (χ4n) is 2.16. The van der Waals surface area contributed by atoms with E-state index in [9.17, 15) is 8.42 Å². The van der Waals surface area contributed by atoms with Crippen LogP contribution in [0, 0.1) is 6.92 Å². The number of benzene rings is 2. The van der Waals surface area contributed by atoms with E-state index in [1.165, 1.54) is 3.97 Å². The average molecular weight is 271 g/mol. The summed E-state index contributed by atoms with van der Waals surface area (Å²) in [6.07, 6.45) is 1.60. The fraction of sp³-hybridized carbons (Fsp3) is 0.0667. The largest absolute Gasteiger partial charge is 0.268 e. The average Bonchev–Trinajstić information content (AvgIpc) is 2.83. The Morgan fingerprint density at radius 3 is 2.53 bits per heavy atom. The van der Waals surface area contributed by atoms with Crippen LogP contribution in [0.2, 0.25) is 0 Å². The SMILES string of the molecule is Cc1cccc(S(=O)(=O)n2ccc3ccccc32)c1. The zero-order valence-electron chi connectivity index (χ0n) is 10.4. The zero-order valence-corrected chi connectivity index (χ0v) is 11.3. The van der Waals surface area contributed by atoms with Crippen LogP contribution in [0.3, 0.4) is 0 Å². The summed E-state index contributed by atoms with van der Waals surface area (Å²) in [5, 5.41) is 0.915. The Morgan fingerprint density at radius 2 is 1.74 bits per heavy atom. The molecule has 3 aromatic rings. The van der Waals surface area contributed by atoms with Crippen molar-refractivity contribution in [2.45, 2.75) is 11.8 Å². The van der Waals surface area contributed by atoms with Gasteiger partial charge in [-0.3, -0.25) is 0 Å². The molecule has 0 aliphatic rings. The van der Waals surface area contributed by atoms with E-state index < -0.39 is 10.0 Å². The molecule has 0 saturated carbocycles. The Morgan fingerprint density at radius 1 is 0.947 bits per heavy atom. The third-order valence-electron chi connectivity index (χ3n) is 3.11. The Labute approximate surface area is 112 Å². The van der Waals surface area contributed by atoms with Crippen LogP contribution in [0.25, 0.3) is 10.9 Å². The number of nitrogens with zero attached hydrogens (tertiary/aromatic N) is 1. The quantitative estimate of drug-likeness (QED) is 0.718. The molecule has 0 atom stereocenters. The smallest absolute Gasteiger partial charge is 0.241 e. The molecule has 0 aliphatic heterocycles. The number of aryl methyl sites for hydroxylation is 1. The van der Waals surface area contributed by atoms with Crippen LogP contribution in [0.15, 0.2) is 65.7 Å². The van der Waals surface area contributed by atoms with Gasteiger partial charge in [0.05, 0.1) is 10.4 Å². The van der Waals surface area contributed by atoms with Gasteiger partial charge < -0.3 is 0 Å². The van der Waals surface area contributed by atoms with Gasteiger partial charge in [-0.2, -0.15) is 0 Å². The highest BCUT2D eigenvalue weighted by atomic mass is 32.2. The summed E-state index contributed by atoms with van der Waals surface area (Å²) in [7, 11) is -3.53. The summed E-state index contributed by atoms with van der Waals surface area (Å²) in [6, 6.07) is 16.2. The Kier molecular flexibility index (Phi) is 2.68. The molecule has 0 amide bonds. The van der Waals surface area contributed by atoms with Crippen molar-refractivity contribution in [3.8, 4) is 0 Å². The van der Waals surface area contributed by atoms with Crippen LogP contribution in [-0.4, -0.2) is 12.4 Å². The van der Waals surface area contributed by atoms with E-state index in [0.717, 1.165) is 10.9 Å². The normalized spacial score (nSPS) is 11.8. The highest BCUT2D eigenvalue weighted by Gasteiger charge is 2.18. The number of fused-ring (bicyclic) bond motifs is 1. The molecule has 0 fully saturated rings. The van der Waals surface area contributed by atoms with E-state index in [1.54, 1.807) is 24.4 Å². The molecule has 0 bridgehead atoms. The van der Waals surface area contributed by atoms with Crippen molar-refractivity contribution in [2.75, 3.05) is 0 Å². The Hall–Kier alpha value is -2.07. The van der Waals surface area contributed by atoms with Crippen molar-refractivity contribution in [3.63, 3.8) is 0 Å². The molecule has 19 heavy (non-hydrogen) atoms. The standard InChI is InChI=1S/C15H13NO2S/c1-12-5-4-7-14(11-12)19(17,18)16-10-9-13-6-2-3-8-15(13)16/h2-11H,1H3. The molecule has 0 spiro atoms. The third-order valence-corrected chi connectivity index (χ3v) is 4.80. The topological polar surface area (TPSA) is 39.1 Å². The minimum atomic E-state index is -3.53. The molecular weight excluding hydrogens is 258 g/mol. The van der Waals surface area contributed by atoms with Gasteiger partial charge in [0.25, 0.3) is 10.0 Å². The molecule has 2 aromatic carbocycles. The molecule has 1 aromatic heterocycles. The molecule has 3 rings (SSSR count). The van der Waals surface area contributed by atoms with Crippen LogP contribution in [0.4, 0.5) is 0 Å². The van der Waals surface area contributed by atoms with Crippen LogP contribution in [0.1, 0.15) is 5.56 Å². The van der Waals surface area contributed by atoms with Crippen LogP contribution < -0.4 is 0 Å². The zero-order chi connectivity index (χ0) is 13.5. The molecular formula is C15H13NO2S. The Bertz CT molecular complexity index is 847. The summed E-state index contributed by atoms with van der Waals surface area (Å²) in [5.74, 6) is 0. The first-order chi connectivity index (χ1) is 9.09. The lowest BCUT2D eigenvalue weighted by Crippen LogP contribution is -2.11. The van der Waals surface area contributed by atoms with Gasteiger partial charge in [0.15, 0.2) is 0 Å². The van der Waals surface area contributed by atoms with Gasteiger partial charge in [-0.05, 0) is 36.8 Å². The van der Waals surface area contributed by atoms with Gasteiger partial charge in [-0.15, -0.1) is 0 Å². The van der Waals surface area contributed by atoms with E-state index in [1.807, 2.05) is 43.3 Å². The highest BCUT2D eigenvalue weighted by Crippen LogP contribution is 2.22. The first-order valence-electron chi connectivity index (χ1n) is 5.97. The maximum Gasteiger partial charge on any atom is 0.268 e. The summed E-state index contributed by atoms with van der Waals surface area (Å²) in [6.45, 7) is 1.88. The Balaban J connectivity index is 2.26. The monoisotopic (exact) mass is 271 g/mol. The van der Waals surface area contributed by atoms with Crippen LogP contribution >= 0.6 is 0 Å². The number of hydrogen-bond donors (Lipinski definition) is 0. The van der Waals surface area contributed by atoms with Crippen molar-refractivity contribution in [1.82, 2.24) is 3.97 Å². The number of hydrogen-bond acceptors (Lipinski definition) is 2. The molecule has 4 heteroatoms. The summed E-state index contributed by atoms with van der Waals surface area (Å²) < 4.78 is 26.6. The van der Waals surface area contributed by atoms with E-state index in [2.05, 4.69) is 0 Å². The van der Waals surface area contributed by atoms with Gasteiger partial charge in [0.1, 0.15) is 0 Å². The minimum absolute atomic E-state index is 0.314. The molecule has 0 saturated heterocycles. The second-order valence-electron chi connectivity index (χ2n) is 4.49. The number of rotatable bonds is 2. The maximum absolute atomic E-state index is 12.6. The third kappa shape index (κ3) is 1.94. The first-order valence-corrected chi connectivity index (χ1v) is 7.41. The van der Waals surface area contributed by atoms with E-state index in [4.69, 9.17) is 0 Å². The van der Waals surface area contributed by atoms with Crippen LogP contribution in [-0.2, 0) is 10.0 Å². The van der Waals surface area contributed by atoms with E-state index >= 15 is 0 Å². The predicted molar refractivity (Wildman–Crippen MR) is 75.7 cm³/mol. The van der Waals surface area contributed by atoms with Crippen molar-refractivity contribution in [2.24, 2.45) is 0 Å². The predicted octanol–water partition coefficient (Wildman–Crippen LogP) is 3.19. The van der Waals surface area contributed by atoms with Crippen molar-refractivity contribution >= 4 is 20.9 Å². The van der Waals surface area contributed by atoms with Gasteiger partial charge in [-0.1, -0.05) is 30.3 Å². The summed E-state index contributed by atoms with van der Waals surface area (Å²) >= 11 is 0. The molecule has 96 valence electrons. The fourth-order valence-corrected chi connectivity index (χ4v) is 3.62. The van der Waals surface area contributed by atoms with Crippen molar-refractivity contribution in [1.29, 1.82) is 0 Å². The van der Waals surface area contributed by atoms with Gasteiger partial charge in [0.2, 0.25) is 0 Å². The van der Waals surface area contributed by atoms with Crippen LogP contribution in [0.5, 0.6) is 0 Å². The maximum atomic E-state index is 12.6. The lowest BCUT2D eigenvalue weighted by atomic mass is 10.2. The molecule has 0 radical (unpaired) electrons. The van der Waals surface area contributed by atoms with Gasteiger partial charge in [0, 0.05) is 11.6 Å². The molecule has 0 unspecified atom stereocenters. The molecule has 3 nitrogen and oxygen atoms in total. The lowest BCUT2D eigenvalue weighted by Gasteiger charge is -2.08. The lowest BCUT2D eigenvalue weighted by molar-refractivity contribution is 0.589. The summed E-state index contributed by atoms with van der Waals surface area (Å²) in [4.78, 5) is 0.314. The van der Waals surface area contributed by atoms with Gasteiger partial charge in [-0.25, -0.2) is 12.4 Å². The van der Waals surface area contributed by atoms with E-state index in [-0.39, 0.29) is 0 Å².